The van der Waals surface area contributed by atoms with Crippen LogP contribution < -0.4 is 10.1 Å². The van der Waals surface area contributed by atoms with Crippen LogP contribution >= 0.6 is 11.6 Å². The van der Waals surface area contributed by atoms with Crippen molar-refractivity contribution in [1.82, 2.24) is 5.32 Å². The molecule has 0 amide bonds. The van der Waals surface area contributed by atoms with Gasteiger partial charge in [-0.3, -0.25) is 0 Å². The molecule has 0 aromatic heterocycles. The third-order valence-electron chi connectivity index (χ3n) is 5.28. The van der Waals surface area contributed by atoms with Gasteiger partial charge in [0.1, 0.15) is 11.9 Å². The molecule has 1 N–H and O–H groups in total. The Morgan fingerprint density at radius 3 is 2.81 bits per heavy atom. The average Bonchev–Trinajstić information content (AvgIpc) is 2.51. The highest BCUT2D eigenvalue weighted by atomic mass is 35.5. The summed E-state index contributed by atoms with van der Waals surface area (Å²) < 4.78 is 6.31. The van der Waals surface area contributed by atoms with Gasteiger partial charge in [0, 0.05) is 22.9 Å². The number of benzene rings is 1. The molecule has 1 aromatic carbocycles. The highest BCUT2D eigenvalue weighted by Crippen LogP contribution is 2.53. The molecule has 0 aliphatic heterocycles. The minimum absolute atomic E-state index is 0.352. The molecule has 2 unspecified atom stereocenters. The van der Waals surface area contributed by atoms with E-state index in [0.29, 0.717) is 17.6 Å². The van der Waals surface area contributed by atoms with Gasteiger partial charge in [0.25, 0.3) is 0 Å². The maximum atomic E-state index is 6.31. The topological polar surface area (TPSA) is 21.3 Å². The second kappa shape index (κ2) is 6.58. The van der Waals surface area contributed by atoms with Crippen molar-refractivity contribution in [3.05, 3.63) is 29.3 Å². The summed E-state index contributed by atoms with van der Waals surface area (Å²) in [5, 5.41) is 4.51. The molecule has 3 rings (SSSR count). The summed E-state index contributed by atoms with van der Waals surface area (Å²) in [5.74, 6) is 0.923. The van der Waals surface area contributed by atoms with E-state index in [9.17, 15) is 0 Å². The number of nitrogens with one attached hydrogen (secondary N) is 1. The number of hydrogen-bond donors (Lipinski definition) is 1. The first kappa shape index (κ1) is 15.2. The van der Waals surface area contributed by atoms with Crippen LogP contribution in [0.4, 0.5) is 0 Å². The van der Waals surface area contributed by atoms with E-state index in [-0.39, 0.29) is 0 Å². The summed E-state index contributed by atoms with van der Waals surface area (Å²) in [7, 11) is 0. The van der Waals surface area contributed by atoms with Gasteiger partial charge in [0.2, 0.25) is 0 Å². The second-order valence-electron chi connectivity index (χ2n) is 6.60. The monoisotopic (exact) mass is 307 g/mol. The Morgan fingerprint density at radius 2 is 2.10 bits per heavy atom. The van der Waals surface area contributed by atoms with E-state index in [4.69, 9.17) is 16.3 Å². The van der Waals surface area contributed by atoms with E-state index in [1.165, 1.54) is 38.5 Å². The van der Waals surface area contributed by atoms with Crippen molar-refractivity contribution in [2.24, 2.45) is 5.41 Å². The van der Waals surface area contributed by atoms with E-state index in [0.717, 1.165) is 23.7 Å². The van der Waals surface area contributed by atoms with Gasteiger partial charge in [-0.15, -0.1) is 0 Å². The molecule has 0 bridgehead atoms. The molecule has 2 nitrogen and oxygen atoms in total. The Labute approximate surface area is 133 Å². The highest BCUT2D eigenvalue weighted by Gasteiger charge is 2.56. The number of rotatable bonds is 5. The fourth-order valence-electron chi connectivity index (χ4n) is 4.10. The highest BCUT2D eigenvalue weighted by molar-refractivity contribution is 6.30. The molecule has 1 spiro atoms. The molecule has 0 heterocycles. The zero-order valence-electron chi connectivity index (χ0n) is 12.9. The van der Waals surface area contributed by atoms with Crippen LogP contribution in [0.25, 0.3) is 0 Å². The van der Waals surface area contributed by atoms with Crippen molar-refractivity contribution >= 4 is 11.6 Å². The third-order valence-corrected chi connectivity index (χ3v) is 5.52. The summed E-state index contributed by atoms with van der Waals surface area (Å²) in [6, 6.07) is 8.47. The molecule has 1 aromatic rings. The first-order chi connectivity index (χ1) is 10.2. The number of hydrogen-bond acceptors (Lipinski definition) is 2. The van der Waals surface area contributed by atoms with Crippen molar-refractivity contribution in [3.8, 4) is 5.75 Å². The van der Waals surface area contributed by atoms with Crippen molar-refractivity contribution in [3.63, 3.8) is 0 Å². The van der Waals surface area contributed by atoms with Crippen molar-refractivity contribution in [2.45, 2.75) is 64.0 Å². The fraction of sp³-hybridized carbons (Fsp3) is 0.667. The van der Waals surface area contributed by atoms with E-state index >= 15 is 0 Å². The largest absolute Gasteiger partial charge is 0.490 e. The fourth-order valence-corrected chi connectivity index (χ4v) is 4.28. The van der Waals surface area contributed by atoms with Gasteiger partial charge in [-0.05, 0) is 44.0 Å². The van der Waals surface area contributed by atoms with Crippen LogP contribution in [0.2, 0.25) is 5.02 Å². The number of halogens is 1. The lowest BCUT2D eigenvalue weighted by molar-refractivity contribution is -0.103. The average molecular weight is 308 g/mol. The lowest BCUT2D eigenvalue weighted by Crippen LogP contribution is -2.65. The van der Waals surface area contributed by atoms with Gasteiger partial charge < -0.3 is 10.1 Å². The van der Waals surface area contributed by atoms with Gasteiger partial charge in [0.15, 0.2) is 0 Å². The molecular weight excluding hydrogens is 282 g/mol. The van der Waals surface area contributed by atoms with Crippen molar-refractivity contribution in [2.75, 3.05) is 6.54 Å². The summed E-state index contributed by atoms with van der Waals surface area (Å²) in [4.78, 5) is 0. The molecule has 2 aliphatic rings. The number of ether oxygens (including phenoxy) is 1. The van der Waals surface area contributed by atoms with E-state index in [2.05, 4.69) is 12.2 Å². The summed E-state index contributed by atoms with van der Waals surface area (Å²) in [5.41, 5.74) is 0.357. The van der Waals surface area contributed by atoms with E-state index in [1.807, 2.05) is 24.3 Å². The van der Waals surface area contributed by atoms with Crippen LogP contribution in [0.1, 0.15) is 51.9 Å². The summed E-state index contributed by atoms with van der Waals surface area (Å²) in [6.45, 7) is 3.36. The minimum Gasteiger partial charge on any atom is -0.490 e. The molecule has 116 valence electrons. The van der Waals surface area contributed by atoms with E-state index < -0.39 is 0 Å². The molecule has 2 aliphatic carbocycles. The standard InChI is InChI=1S/C18H26ClNO/c1-2-11-20-16-13-17(18(16)9-4-3-5-10-18)21-15-8-6-7-14(19)12-15/h6-8,12,16-17,20H,2-5,9-11,13H2,1H3. The lowest BCUT2D eigenvalue weighted by Gasteiger charge is -2.57. The Morgan fingerprint density at radius 1 is 1.29 bits per heavy atom. The van der Waals surface area contributed by atoms with Crippen LogP contribution in [-0.4, -0.2) is 18.7 Å². The SMILES string of the molecule is CCCNC1CC(Oc2cccc(Cl)c2)C12CCCCC2. The quantitative estimate of drug-likeness (QED) is 0.843. The van der Waals surface area contributed by atoms with E-state index in [1.54, 1.807) is 0 Å². The predicted octanol–water partition coefficient (Wildman–Crippen LogP) is 4.81. The molecule has 0 radical (unpaired) electrons. The Balaban J connectivity index is 1.70. The molecule has 2 saturated carbocycles. The molecule has 3 heteroatoms. The van der Waals surface area contributed by atoms with Gasteiger partial charge in [-0.2, -0.15) is 0 Å². The second-order valence-corrected chi connectivity index (χ2v) is 7.04. The van der Waals surface area contributed by atoms with Crippen LogP contribution in [0.15, 0.2) is 24.3 Å². The Kier molecular flexibility index (Phi) is 4.75. The van der Waals surface area contributed by atoms with Gasteiger partial charge >= 0.3 is 0 Å². The third kappa shape index (κ3) is 3.07. The smallest absolute Gasteiger partial charge is 0.121 e. The molecule has 2 fully saturated rings. The Bertz CT molecular complexity index is 470. The minimum atomic E-state index is 0.352. The lowest BCUT2D eigenvalue weighted by atomic mass is 9.55. The zero-order valence-corrected chi connectivity index (χ0v) is 13.7. The van der Waals surface area contributed by atoms with Crippen molar-refractivity contribution in [1.29, 1.82) is 0 Å². The first-order valence-electron chi connectivity index (χ1n) is 8.40. The van der Waals surface area contributed by atoms with Crippen LogP contribution in [0.3, 0.4) is 0 Å². The summed E-state index contributed by atoms with van der Waals surface area (Å²) >= 11 is 6.07. The molecule has 0 saturated heterocycles. The van der Waals surface area contributed by atoms with Crippen molar-refractivity contribution < 1.29 is 4.74 Å². The molecule has 21 heavy (non-hydrogen) atoms. The van der Waals surface area contributed by atoms with Gasteiger partial charge in [0.05, 0.1) is 0 Å². The zero-order chi connectivity index (χ0) is 14.7. The van der Waals surface area contributed by atoms with Gasteiger partial charge in [-0.25, -0.2) is 0 Å². The normalized spacial score (nSPS) is 27.3. The summed E-state index contributed by atoms with van der Waals surface area (Å²) in [6.07, 6.45) is 9.37. The van der Waals surface area contributed by atoms with Crippen LogP contribution in [-0.2, 0) is 0 Å². The maximum Gasteiger partial charge on any atom is 0.121 e. The Hall–Kier alpha value is -0.730. The maximum absolute atomic E-state index is 6.31. The molecular formula is C18H26ClNO. The predicted molar refractivity (Wildman–Crippen MR) is 88.1 cm³/mol. The molecule has 2 atom stereocenters. The van der Waals surface area contributed by atoms with Crippen LogP contribution in [0.5, 0.6) is 5.75 Å². The first-order valence-corrected chi connectivity index (χ1v) is 8.78. The van der Waals surface area contributed by atoms with Gasteiger partial charge in [-0.1, -0.05) is 43.9 Å². The van der Waals surface area contributed by atoms with Crippen LogP contribution in [0, 0.1) is 5.41 Å².